The minimum absolute atomic E-state index is 0.298. The molecule has 0 radical (unpaired) electrons. The highest BCUT2D eigenvalue weighted by atomic mass is 19.1. The summed E-state index contributed by atoms with van der Waals surface area (Å²) in [6.07, 6.45) is 4.54. The lowest BCUT2D eigenvalue weighted by Gasteiger charge is -2.08. The van der Waals surface area contributed by atoms with Crippen LogP contribution >= 0.6 is 0 Å². The van der Waals surface area contributed by atoms with Gasteiger partial charge in [0.25, 0.3) is 5.91 Å². The third-order valence-corrected chi connectivity index (χ3v) is 4.50. The molecule has 2 aromatic carbocycles. The van der Waals surface area contributed by atoms with Crippen molar-refractivity contribution in [2.75, 3.05) is 17.2 Å². The fraction of sp³-hybridized carbons (Fsp3) is 0.0909. The van der Waals surface area contributed by atoms with Crippen LogP contribution in [0.3, 0.4) is 0 Å². The zero-order valence-corrected chi connectivity index (χ0v) is 15.1. The number of carbonyl (C=O) groups excluding carboxylic acids is 1. The van der Waals surface area contributed by atoms with Gasteiger partial charge in [-0.2, -0.15) is 0 Å². The minimum atomic E-state index is -0.348. The van der Waals surface area contributed by atoms with Gasteiger partial charge in [-0.25, -0.2) is 9.37 Å². The molecule has 0 saturated heterocycles. The molecular formula is C22H19FN4O. The Morgan fingerprint density at radius 2 is 1.79 bits per heavy atom. The van der Waals surface area contributed by atoms with Crippen molar-refractivity contribution >= 4 is 28.2 Å². The highest BCUT2D eigenvalue weighted by Crippen LogP contribution is 2.18. The number of pyridine rings is 1. The van der Waals surface area contributed by atoms with Crippen molar-refractivity contribution < 1.29 is 9.18 Å². The maximum atomic E-state index is 12.9. The van der Waals surface area contributed by atoms with Gasteiger partial charge in [-0.05, 0) is 54.4 Å². The third-order valence-electron chi connectivity index (χ3n) is 4.50. The van der Waals surface area contributed by atoms with Crippen molar-refractivity contribution in [3.8, 4) is 0 Å². The van der Waals surface area contributed by atoms with E-state index < -0.39 is 0 Å². The number of anilines is 2. The number of H-pyrrole nitrogens is 1. The van der Waals surface area contributed by atoms with E-state index in [1.165, 1.54) is 35.2 Å². The number of para-hydroxylation sites is 1. The summed E-state index contributed by atoms with van der Waals surface area (Å²) in [7, 11) is 0. The first-order valence-corrected chi connectivity index (χ1v) is 9.01. The number of fused-ring (bicyclic) bond motifs is 1. The van der Waals surface area contributed by atoms with E-state index >= 15 is 0 Å². The molecule has 28 heavy (non-hydrogen) atoms. The molecule has 3 N–H and O–H groups in total. The van der Waals surface area contributed by atoms with Gasteiger partial charge in [0.15, 0.2) is 0 Å². The molecule has 0 spiro atoms. The summed E-state index contributed by atoms with van der Waals surface area (Å²) in [6, 6.07) is 17.3. The number of carbonyl (C=O) groups is 1. The normalized spacial score (nSPS) is 10.8. The summed E-state index contributed by atoms with van der Waals surface area (Å²) in [6.45, 7) is 0.755. The summed E-state index contributed by atoms with van der Waals surface area (Å²) in [5.41, 5.74) is 4.06. The number of hydrogen-bond acceptors (Lipinski definition) is 3. The topological polar surface area (TPSA) is 69.8 Å². The number of aromatic amines is 1. The molecule has 0 saturated carbocycles. The Morgan fingerprint density at radius 1 is 1.00 bits per heavy atom. The molecule has 0 fully saturated rings. The van der Waals surface area contributed by atoms with Crippen LogP contribution in [0.1, 0.15) is 16.1 Å². The molecule has 5 nitrogen and oxygen atoms in total. The van der Waals surface area contributed by atoms with Crippen LogP contribution in [-0.2, 0) is 6.42 Å². The van der Waals surface area contributed by atoms with Gasteiger partial charge < -0.3 is 15.6 Å². The summed E-state index contributed by atoms with van der Waals surface area (Å²) < 4.78 is 12.9. The number of hydrogen-bond donors (Lipinski definition) is 3. The van der Waals surface area contributed by atoms with E-state index in [4.69, 9.17) is 0 Å². The van der Waals surface area contributed by atoms with E-state index in [0.717, 1.165) is 24.2 Å². The van der Waals surface area contributed by atoms with Gasteiger partial charge in [-0.3, -0.25) is 4.79 Å². The molecule has 0 aliphatic carbocycles. The van der Waals surface area contributed by atoms with Crippen LogP contribution in [0.25, 0.3) is 10.9 Å². The quantitative estimate of drug-likeness (QED) is 0.462. The largest absolute Gasteiger partial charge is 0.383 e. The van der Waals surface area contributed by atoms with Gasteiger partial charge in [-0.15, -0.1) is 0 Å². The third kappa shape index (κ3) is 4.01. The number of nitrogens with zero attached hydrogens (tertiary/aromatic N) is 1. The second kappa shape index (κ2) is 7.92. The van der Waals surface area contributed by atoms with Crippen molar-refractivity contribution in [2.24, 2.45) is 0 Å². The minimum Gasteiger partial charge on any atom is -0.383 e. The van der Waals surface area contributed by atoms with Gasteiger partial charge >= 0.3 is 0 Å². The first-order valence-electron chi connectivity index (χ1n) is 9.01. The summed E-state index contributed by atoms with van der Waals surface area (Å²) in [5.74, 6) is -0.684. The number of halogens is 1. The molecule has 0 unspecified atom stereocenters. The number of rotatable bonds is 6. The zero-order valence-electron chi connectivity index (χ0n) is 15.1. The fourth-order valence-corrected chi connectivity index (χ4v) is 3.04. The smallest absolute Gasteiger partial charge is 0.274 e. The van der Waals surface area contributed by atoms with Gasteiger partial charge in [0.05, 0.1) is 11.9 Å². The number of benzene rings is 2. The van der Waals surface area contributed by atoms with Gasteiger partial charge in [0.1, 0.15) is 11.5 Å². The van der Waals surface area contributed by atoms with Crippen molar-refractivity contribution in [1.82, 2.24) is 9.97 Å². The molecule has 0 atom stereocenters. The Morgan fingerprint density at radius 3 is 2.57 bits per heavy atom. The van der Waals surface area contributed by atoms with Gasteiger partial charge in [0, 0.05) is 29.3 Å². The second-order valence-electron chi connectivity index (χ2n) is 6.43. The molecular weight excluding hydrogens is 355 g/mol. The second-order valence-corrected chi connectivity index (χ2v) is 6.43. The lowest BCUT2D eigenvalue weighted by Crippen LogP contribution is -2.14. The van der Waals surface area contributed by atoms with Gasteiger partial charge in [0.2, 0.25) is 0 Å². The van der Waals surface area contributed by atoms with Crippen LogP contribution in [0.2, 0.25) is 0 Å². The van der Waals surface area contributed by atoms with Crippen LogP contribution < -0.4 is 10.6 Å². The van der Waals surface area contributed by atoms with Crippen molar-refractivity contribution in [3.05, 3.63) is 90.1 Å². The molecule has 1 amide bonds. The van der Waals surface area contributed by atoms with Crippen molar-refractivity contribution in [3.63, 3.8) is 0 Å². The van der Waals surface area contributed by atoms with E-state index in [0.29, 0.717) is 11.4 Å². The molecule has 4 aromatic rings. The number of aromatic nitrogens is 2. The summed E-state index contributed by atoms with van der Waals surface area (Å²) in [4.78, 5) is 19.7. The maximum Gasteiger partial charge on any atom is 0.274 e. The number of amides is 1. The number of nitrogens with one attached hydrogen (secondary N) is 3. The monoisotopic (exact) mass is 374 g/mol. The lowest BCUT2D eigenvalue weighted by molar-refractivity contribution is 0.102. The van der Waals surface area contributed by atoms with Crippen LogP contribution in [0, 0.1) is 5.82 Å². The van der Waals surface area contributed by atoms with E-state index in [1.807, 2.05) is 24.4 Å². The first-order chi connectivity index (χ1) is 13.7. The average molecular weight is 374 g/mol. The Bertz CT molecular complexity index is 1090. The zero-order chi connectivity index (χ0) is 19.3. The predicted octanol–water partition coefficient (Wildman–Crippen LogP) is 4.61. The molecule has 0 aliphatic rings. The molecule has 2 heterocycles. The van der Waals surface area contributed by atoms with Gasteiger partial charge in [-0.1, -0.05) is 18.2 Å². The highest BCUT2D eigenvalue weighted by molar-refractivity contribution is 6.02. The Labute approximate surface area is 161 Å². The molecule has 0 aliphatic heterocycles. The van der Waals surface area contributed by atoms with E-state index in [-0.39, 0.29) is 11.7 Å². The summed E-state index contributed by atoms with van der Waals surface area (Å²) in [5, 5.41) is 7.24. The fourth-order valence-electron chi connectivity index (χ4n) is 3.04. The molecule has 2 aromatic heterocycles. The van der Waals surface area contributed by atoms with Crippen LogP contribution in [0.5, 0.6) is 0 Å². The lowest BCUT2D eigenvalue weighted by atomic mass is 10.1. The molecule has 6 heteroatoms. The standard InChI is InChI=1S/C22H19FN4O/c23-16-5-7-17(8-6-16)27-22(28)21-10-9-18(14-26-21)24-12-11-15-13-25-20-4-2-1-3-19(15)20/h1-10,13-14,24-25H,11-12H2,(H,27,28). The van der Waals surface area contributed by atoms with Crippen LogP contribution in [0.4, 0.5) is 15.8 Å². The van der Waals surface area contributed by atoms with E-state index in [2.05, 4.69) is 32.7 Å². The van der Waals surface area contributed by atoms with Crippen molar-refractivity contribution in [1.29, 1.82) is 0 Å². The average Bonchev–Trinajstić information content (AvgIpc) is 3.13. The molecule has 4 rings (SSSR count). The Hall–Kier alpha value is -3.67. The predicted molar refractivity (Wildman–Crippen MR) is 109 cm³/mol. The summed E-state index contributed by atoms with van der Waals surface area (Å²) >= 11 is 0. The Kier molecular flexibility index (Phi) is 5.01. The van der Waals surface area contributed by atoms with Crippen LogP contribution in [0.15, 0.2) is 73.1 Å². The first kappa shape index (κ1) is 17.7. The Balaban J connectivity index is 1.33. The highest BCUT2D eigenvalue weighted by Gasteiger charge is 2.08. The SMILES string of the molecule is O=C(Nc1ccc(F)cc1)c1ccc(NCCc2c[nH]c3ccccc23)cn1. The van der Waals surface area contributed by atoms with E-state index in [1.54, 1.807) is 12.3 Å². The molecule has 140 valence electrons. The maximum absolute atomic E-state index is 12.9. The van der Waals surface area contributed by atoms with Crippen molar-refractivity contribution in [2.45, 2.75) is 6.42 Å². The van der Waals surface area contributed by atoms with E-state index in [9.17, 15) is 9.18 Å². The molecule has 0 bridgehead atoms. The van der Waals surface area contributed by atoms with Crippen LogP contribution in [-0.4, -0.2) is 22.4 Å².